The lowest BCUT2D eigenvalue weighted by Gasteiger charge is -2.05. The first kappa shape index (κ1) is 14.4. The van der Waals surface area contributed by atoms with Gasteiger partial charge in [0, 0.05) is 17.7 Å². The van der Waals surface area contributed by atoms with Crippen LogP contribution < -0.4 is 5.56 Å². The fourth-order valence-corrected chi connectivity index (χ4v) is 2.70. The van der Waals surface area contributed by atoms with Gasteiger partial charge in [-0.3, -0.25) is 9.89 Å². The molecule has 0 fully saturated rings. The van der Waals surface area contributed by atoms with Gasteiger partial charge in [0.2, 0.25) is 0 Å². The summed E-state index contributed by atoms with van der Waals surface area (Å²) in [7, 11) is 0. The quantitative estimate of drug-likeness (QED) is 0.778. The van der Waals surface area contributed by atoms with Crippen LogP contribution in [-0.2, 0) is 6.42 Å². The van der Waals surface area contributed by atoms with Crippen LogP contribution in [-0.4, -0.2) is 9.78 Å². The predicted molar refractivity (Wildman–Crippen MR) is 89.7 cm³/mol. The number of para-hydroxylation sites is 1. The van der Waals surface area contributed by atoms with Crippen molar-refractivity contribution in [2.45, 2.75) is 26.2 Å². The zero-order valence-electron chi connectivity index (χ0n) is 12.9. The van der Waals surface area contributed by atoms with Gasteiger partial charge in [0.1, 0.15) is 0 Å². The maximum Gasteiger partial charge on any atom is 0.275 e. The molecule has 2 aromatic carbocycles. The van der Waals surface area contributed by atoms with Crippen LogP contribution >= 0.6 is 0 Å². The van der Waals surface area contributed by atoms with Crippen LogP contribution in [0.25, 0.3) is 5.69 Å². The zero-order chi connectivity index (χ0) is 15.5. The van der Waals surface area contributed by atoms with Crippen molar-refractivity contribution in [1.29, 1.82) is 0 Å². The Morgan fingerprint density at radius 1 is 0.955 bits per heavy atom. The molecule has 0 amide bonds. The summed E-state index contributed by atoms with van der Waals surface area (Å²) in [5.74, 6) is 0.274. The van der Waals surface area contributed by atoms with E-state index in [0.29, 0.717) is 6.42 Å². The topological polar surface area (TPSA) is 37.8 Å². The molecule has 0 spiro atoms. The summed E-state index contributed by atoms with van der Waals surface area (Å²) in [4.78, 5) is 12.8. The molecule has 0 aliphatic carbocycles. The molecule has 3 aromatic rings. The molecule has 1 N–H and O–H groups in total. The van der Waals surface area contributed by atoms with Gasteiger partial charge in [0.05, 0.1) is 5.69 Å². The Hall–Kier alpha value is -2.55. The van der Waals surface area contributed by atoms with E-state index < -0.39 is 0 Å². The van der Waals surface area contributed by atoms with E-state index in [1.165, 1.54) is 0 Å². The van der Waals surface area contributed by atoms with Crippen LogP contribution in [0.5, 0.6) is 0 Å². The monoisotopic (exact) mass is 292 g/mol. The first-order valence-electron chi connectivity index (χ1n) is 7.60. The highest BCUT2D eigenvalue weighted by atomic mass is 16.1. The first-order chi connectivity index (χ1) is 10.7. The molecule has 0 saturated carbocycles. The lowest BCUT2D eigenvalue weighted by molar-refractivity contribution is 0.758. The van der Waals surface area contributed by atoms with E-state index in [0.717, 1.165) is 22.5 Å². The van der Waals surface area contributed by atoms with E-state index in [1.807, 2.05) is 48.5 Å². The Kier molecular flexibility index (Phi) is 3.96. The number of aromatic nitrogens is 2. The number of aromatic amines is 1. The predicted octanol–water partition coefficient (Wildman–Crippen LogP) is 3.88. The molecule has 0 atom stereocenters. The summed E-state index contributed by atoms with van der Waals surface area (Å²) in [5.41, 5.74) is 3.93. The van der Waals surface area contributed by atoms with Crippen molar-refractivity contribution in [3.63, 3.8) is 0 Å². The van der Waals surface area contributed by atoms with Crippen molar-refractivity contribution in [3.05, 3.63) is 87.8 Å². The molecule has 112 valence electrons. The molecule has 1 aromatic heterocycles. The smallest absolute Gasteiger partial charge is 0.275 e. The number of hydrogen-bond acceptors (Lipinski definition) is 1. The maximum atomic E-state index is 12.8. The summed E-state index contributed by atoms with van der Waals surface area (Å²) < 4.78 is 1.65. The van der Waals surface area contributed by atoms with Gasteiger partial charge in [-0.15, -0.1) is 0 Å². The van der Waals surface area contributed by atoms with Crippen LogP contribution in [0.3, 0.4) is 0 Å². The van der Waals surface area contributed by atoms with E-state index >= 15 is 0 Å². The van der Waals surface area contributed by atoms with E-state index in [2.05, 4.69) is 31.1 Å². The second-order valence-corrected chi connectivity index (χ2v) is 5.80. The highest BCUT2D eigenvalue weighted by Gasteiger charge is 2.17. The summed E-state index contributed by atoms with van der Waals surface area (Å²) in [6.45, 7) is 4.21. The Bertz CT molecular complexity index is 798. The van der Waals surface area contributed by atoms with Crippen molar-refractivity contribution >= 4 is 0 Å². The molecule has 0 aliphatic heterocycles. The average Bonchev–Trinajstić information content (AvgIpc) is 2.87. The number of nitrogens with one attached hydrogen (secondary N) is 1. The molecule has 3 nitrogen and oxygen atoms in total. The number of hydrogen-bond donors (Lipinski definition) is 1. The summed E-state index contributed by atoms with van der Waals surface area (Å²) in [6, 6.07) is 19.8. The van der Waals surface area contributed by atoms with Gasteiger partial charge < -0.3 is 0 Å². The van der Waals surface area contributed by atoms with E-state index in [9.17, 15) is 4.79 Å². The summed E-state index contributed by atoms with van der Waals surface area (Å²) in [5, 5.41) is 3.29. The highest BCUT2D eigenvalue weighted by Crippen LogP contribution is 2.19. The number of nitrogens with zero attached hydrogens (tertiary/aromatic N) is 1. The molecule has 3 rings (SSSR count). The molecular weight excluding hydrogens is 272 g/mol. The van der Waals surface area contributed by atoms with E-state index in [4.69, 9.17) is 0 Å². The molecule has 0 bridgehead atoms. The van der Waals surface area contributed by atoms with Crippen LogP contribution in [0.1, 0.15) is 36.6 Å². The molecular formula is C19H20N2O. The summed E-state index contributed by atoms with van der Waals surface area (Å²) in [6.07, 6.45) is 0.656. The lowest BCUT2D eigenvalue weighted by Crippen LogP contribution is -2.17. The van der Waals surface area contributed by atoms with Gasteiger partial charge in [-0.1, -0.05) is 62.4 Å². The molecule has 3 heteroatoms. The van der Waals surface area contributed by atoms with Crippen LogP contribution in [0.4, 0.5) is 0 Å². The summed E-state index contributed by atoms with van der Waals surface area (Å²) >= 11 is 0. The standard InChI is InChI=1S/C19H20N2O/c1-14(2)18-17(13-15-9-5-3-6-10-15)19(22)21(20-18)16-11-7-4-8-12-16/h3-12,14,20H,13H2,1-2H3. The van der Waals surface area contributed by atoms with Crippen LogP contribution in [0.15, 0.2) is 65.5 Å². The van der Waals surface area contributed by atoms with Crippen molar-refractivity contribution in [2.75, 3.05) is 0 Å². The third-order valence-electron chi connectivity index (χ3n) is 3.83. The van der Waals surface area contributed by atoms with Gasteiger partial charge in [-0.05, 0) is 23.6 Å². The Labute approximate surface area is 130 Å². The van der Waals surface area contributed by atoms with Gasteiger partial charge in [0.15, 0.2) is 0 Å². The fraction of sp³-hybridized carbons (Fsp3) is 0.211. The fourth-order valence-electron chi connectivity index (χ4n) is 2.70. The van der Waals surface area contributed by atoms with Gasteiger partial charge >= 0.3 is 0 Å². The Morgan fingerprint density at radius 2 is 1.55 bits per heavy atom. The molecule has 0 aliphatic rings. The number of rotatable bonds is 4. The molecule has 22 heavy (non-hydrogen) atoms. The number of H-pyrrole nitrogens is 1. The second kappa shape index (κ2) is 6.06. The minimum atomic E-state index is 0.0405. The first-order valence-corrected chi connectivity index (χ1v) is 7.60. The molecule has 1 heterocycles. The normalized spacial score (nSPS) is 11.0. The number of benzene rings is 2. The molecule has 0 unspecified atom stereocenters. The minimum Gasteiger partial charge on any atom is -0.294 e. The highest BCUT2D eigenvalue weighted by molar-refractivity contribution is 5.35. The third-order valence-corrected chi connectivity index (χ3v) is 3.83. The van der Waals surface area contributed by atoms with Crippen LogP contribution in [0.2, 0.25) is 0 Å². The largest absolute Gasteiger partial charge is 0.294 e. The van der Waals surface area contributed by atoms with Crippen molar-refractivity contribution in [3.8, 4) is 5.69 Å². The van der Waals surface area contributed by atoms with Crippen LogP contribution in [0, 0.1) is 0 Å². The van der Waals surface area contributed by atoms with Crippen molar-refractivity contribution in [2.24, 2.45) is 0 Å². The van der Waals surface area contributed by atoms with E-state index in [-0.39, 0.29) is 11.5 Å². The average molecular weight is 292 g/mol. The van der Waals surface area contributed by atoms with Crippen molar-refractivity contribution < 1.29 is 0 Å². The minimum absolute atomic E-state index is 0.0405. The molecule has 0 saturated heterocycles. The third kappa shape index (κ3) is 2.75. The molecule has 0 radical (unpaired) electrons. The van der Waals surface area contributed by atoms with E-state index in [1.54, 1.807) is 4.68 Å². The maximum absolute atomic E-state index is 12.8. The SMILES string of the molecule is CC(C)c1[nH]n(-c2ccccc2)c(=O)c1Cc1ccccc1. The van der Waals surface area contributed by atoms with Gasteiger partial charge in [-0.2, -0.15) is 0 Å². The zero-order valence-corrected chi connectivity index (χ0v) is 12.9. The van der Waals surface area contributed by atoms with Gasteiger partial charge in [-0.25, -0.2) is 4.68 Å². The lowest BCUT2D eigenvalue weighted by atomic mass is 10.00. The van der Waals surface area contributed by atoms with Gasteiger partial charge in [0.25, 0.3) is 5.56 Å². The van der Waals surface area contributed by atoms with Crippen molar-refractivity contribution in [1.82, 2.24) is 9.78 Å². The second-order valence-electron chi connectivity index (χ2n) is 5.80. The Balaban J connectivity index is 2.09. The Morgan fingerprint density at radius 3 is 2.14 bits per heavy atom.